The van der Waals surface area contributed by atoms with E-state index in [9.17, 15) is 8.42 Å². The predicted molar refractivity (Wildman–Crippen MR) is 68.9 cm³/mol. The molecule has 0 heterocycles. The van der Waals surface area contributed by atoms with Crippen molar-refractivity contribution in [2.24, 2.45) is 5.73 Å². The lowest BCUT2D eigenvalue weighted by Crippen LogP contribution is -2.12. The molecule has 0 spiro atoms. The van der Waals surface area contributed by atoms with E-state index in [2.05, 4.69) is 0 Å². The second-order valence-electron chi connectivity index (χ2n) is 4.06. The molecule has 1 aromatic carbocycles. The lowest BCUT2D eigenvalue weighted by atomic mass is 10.1. The zero-order chi connectivity index (χ0) is 12.9. The van der Waals surface area contributed by atoms with Gasteiger partial charge in [0.25, 0.3) is 0 Å². The predicted octanol–water partition coefficient (Wildman–Crippen LogP) is 1.52. The first kappa shape index (κ1) is 14.0. The Morgan fingerprint density at radius 1 is 1.29 bits per heavy atom. The molecule has 0 aliphatic carbocycles. The van der Waals surface area contributed by atoms with Crippen molar-refractivity contribution in [3.63, 3.8) is 0 Å². The maximum atomic E-state index is 10.9. The lowest BCUT2D eigenvalue weighted by Gasteiger charge is -2.10. The van der Waals surface area contributed by atoms with Crippen LogP contribution in [-0.4, -0.2) is 27.0 Å². The van der Waals surface area contributed by atoms with Crippen molar-refractivity contribution in [3.05, 3.63) is 29.8 Å². The minimum absolute atomic E-state index is 0.0310. The summed E-state index contributed by atoms with van der Waals surface area (Å²) in [6.45, 7) is 2.21. The van der Waals surface area contributed by atoms with Gasteiger partial charge >= 0.3 is 0 Å². The fourth-order valence-corrected chi connectivity index (χ4v) is 1.74. The van der Waals surface area contributed by atoms with Gasteiger partial charge in [-0.3, -0.25) is 0 Å². The molecule has 0 amide bonds. The Kier molecular flexibility index (Phi) is 4.96. The van der Waals surface area contributed by atoms with Crippen LogP contribution in [0.15, 0.2) is 24.3 Å². The van der Waals surface area contributed by atoms with Crippen LogP contribution in [0.1, 0.15) is 24.9 Å². The first-order valence-corrected chi connectivity index (χ1v) is 7.64. The van der Waals surface area contributed by atoms with E-state index in [4.69, 9.17) is 10.5 Å². The number of benzene rings is 1. The van der Waals surface area contributed by atoms with E-state index >= 15 is 0 Å². The molecular weight excluding hydrogens is 238 g/mol. The number of nitrogens with two attached hydrogens (primary N) is 1. The number of hydrogen-bond donors (Lipinski definition) is 1. The lowest BCUT2D eigenvalue weighted by molar-refractivity contribution is 0.341. The van der Waals surface area contributed by atoms with Gasteiger partial charge in [-0.05, 0) is 24.1 Å². The molecule has 0 radical (unpaired) electrons. The third-order valence-corrected chi connectivity index (χ3v) is 3.38. The molecule has 0 aliphatic rings. The number of rotatable bonds is 6. The highest BCUT2D eigenvalue weighted by molar-refractivity contribution is 7.90. The molecule has 0 aliphatic heterocycles. The molecule has 0 unspecified atom stereocenters. The second-order valence-corrected chi connectivity index (χ2v) is 6.32. The van der Waals surface area contributed by atoms with Crippen LogP contribution in [0.5, 0.6) is 5.75 Å². The summed E-state index contributed by atoms with van der Waals surface area (Å²) in [7, 11) is -2.96. The van der Waals surface area contributed by atoms with Crippen molar-refractivity contribution in [1.29, 1.82) is 0 Å². The van der Waals surface area contributed by atoms with Crippen LogP contribution in [0.2, 0.25) is 0 Å². The molecule has 1 aromatic rings. The molecule has 96 valence electrons. The van der Waals surface area contributed by atoms with Crippen LogP contribution in [0, 0.1) is 0 Å². The molecule has 0 bridgehead atoms. The number of ether oxygens (including phenoxy) is 1. The van der Waals surface area contributed by atoms with Crippen molar-refractivity contribution < 1.29 is 13.2 Å². The highest BCUT2D eigenvalue weighted by Crippen LogP contribution is 2.18. The molecule has 0 saturated heterocycles. The molecule has 2 N–H and O–H groups in total. The van der Waals surface area contributed by atoms with Gasteiger partial charge in [-0.15, -0.1) is 0 Å². The summed E-state index contributed by atoms with van der Waals surface area (Å²) in [5.41, 5.74) is 6.94. The summed E-state index contributed by atoms with van der Waals surface area (Å²) in [6.07, 6.45) is 2.08. The van der Waals surface area contributed by atoms with Gasteiger partial charge in [0, 0.05) is 12.3 Å². The molecule has 1 atom stereocenters. The summed E-state index contributed by atoms with van der Waals surface area (Å²) in [5, 5.41) is 0. The standard InChI is InChI=1S/C12H19NO3S/c1-3-12(13)10-4-6-11(7-5-10)16-8-9-17(2,14)15/h4-7,12H,3,8-9,13H2,1-2H3/t12-/m1/s1. The molecule has 0 saturated carbocycles. The van der Waals surface area contributed by atoms with Gasteiger partial charge in [0.15, 0.2) is 9.84 Å². The molecule has 1 rings (SSSR count). The van der Waals surface area contributed by atoms with E-state index in [1.54, 1.807) is 0 Å². The van der Waals surface area contributed by atoms with Crippen LogP contribution < -0.4 is 10.5 Å². The quantitative estimate of drug-likeness (QED) is 0.839. The highest BCUT2D eigenvalue weighted by Gasteiger charge is 2.04. The minimum atomic E-state index is -2.96. The topological polar surface area (TPSA) is 69.4 Å². The molecule has 4 nitrogen and oxygen atoms in total. The van der Waals surface area contributed by atoms with E-state index < -0.39 is 9.84 Å². The summed E-state index contributed by atoms with van der Waals surface area (Å²) >= 11 is 0. The Hall–Kier alpha value is -1.07. The highest BCUT2D eigenvalue weighted by atomic mass is 32.2. The molecular formula is C12H19NO3S. The molecule has 5 heteroatoms. The monoisotopic (exact) mass is 257 g/mol. The zero-order valence-corrected chi connectivity index (χ0v) is 11.0. The summed E-state index contributed by atoms with van der Waals surface area (Å²) in [5.74, 6) is 0.698. The maximum Gasteiger partial charge on any atom is 0.150 e. The van der Waals surface area contributed by atoms with Gasteiger partial charge in [0.2, 0.25) is 0 Å². The fraction of sp³-hybridized carbons (Fsp3) is 0.500. The van der Waals surface area contributed by atoms with Crippen molar-refractivity contribution in [3.8, 4) is 5.75 Å². The number of sulfone groups is 1. The Labute approximate surface area is 103 Å². The van der Waals surface area contributed by atoms with Crippen molar-refractivity contribution in [2.45, 2.75) is 19.4 Å². The SMILES string of the molecule is CC[C@@H](N)c1ccc(OCCS(C)(=O)=O)cc1. The van der Waals surface area contributed by atoms with Crippen LogP contribution in [0.25, 0.3) is 0 Å². The largest absolute Gasteiger partial charge is 0.493 e. The van der Waals surface area contributed by atoms with Gasteiger partial charge in [0.1, 0.15) is 12.4 Å². The van der Waals surface area contributed by atoms with Crippen LogP contribution >= 0.6 is 0 Å². The van der Waals surface area contributed by atoms with E-state index in [0.717, 1.165) is 12.0 Å². The smallest absolute Gasteiger partial charge is 0.150 e. The molecule has 0 aromatic heterocycles. The summed E-state index contributed by atoms with van der Waals surface area (Å²) in [6, 6.07) is 7.48. The van der Waals surface area contributed by atoms with Gasteiger partial charge in [-0.25, -0.2) is 8.42 Å². The minimum Gasteiger partial charge on any atom is -0.493 e. The third-order valence-electron chi connectivity index (χ3n) is 2.47. The first-order chi connectivity index (χ1) is 7.92. The second kappa shape index (κ2) is 6.02. The average molecular weight is 257 g/mol. The average Bonchev–Trinajstić information content (AvgIpc) is 2.27. The normalized spacial score (nSPS) is 13.4. The van der Waals surface area contributed by atoms with E-state index in [1.807, 2.05) is 31.2 Å². The maximum absolute atomic E-state index is 10.9. The Bertz CT molecular complexity index is 439. The first-order valence-electron chi connectivity index (χ1n) is 5.58. The third kappa shape index (κ3) is 5.19. The Morgan fingerprint density at radius 3 is 2.35 bits per heavy atom. The van der Waals surface area contributed by atoms with Crippen LogP contribution in [0.3, 0.4) is 0 Å². The van der Waals surface area contributed by atoms with Crippen molar-refractivity contribution in [1.82, 2.24) is 0 Å². The van der Waals surface area contributed by atoms with Crippen LogP contribution in [0.4, 0.5) is 0 Å². The zero-order valence-electron chi connectivity index (χ0n) is 10.2. The van der Waals surface area contributed by atoms with Gasteiger partial charge < -0.3 is 10.5 Å². The Morgan fingerprint density at radius 2 is 1.88 bits per heavy atom. The van der Waals surface area contributed by atoms with E-state index in [-0.39, 0.29) is 18.4 Å². The van der Waals surface area contributed by atoms with Crippen LogP contribution in [-0.2, 0) is 9.84 Å². The summed E-state index contributed by atoms with van der Waals surface area (Å²) in [4.78, 5) is 0. The van der Waals surface area contributed by atoms with Gasteiger partial charge in [-0.1, -0.05) is 19.1 Å². The van der Waals surface area contributed by atoms with E-state index in [0.29, 0.717) is 5.75 Å². The number of hydrogen-bond acceptors (Lipinski definition) is 4. The Balaban J connectivity index is 2.51. The van der Waals surface area contributed by atoms with E-state index in [1.165, 1.54) is 6.26 Å². The molecule has 0 fully saturated rings. The van der Waals surface area contributed by atoms with Gasteiger partial charge in [-0.2, -0.15) is 0 Å². The fourth-order valence-electron chi connectivity index (χ4n) is 1.36. The van der Waals surface area contributed by atoms with Crippen molar-refractivity contribution in [2.75, 3.05) is 18.6 Å². The van der Waals surface area contributed by atoms with Crippen molar-refractivity contribution >= 4 is 9.84 Å². The summed E-state index contributed by atoms with van der Waals surface area (Å²) < 4.78 is 27.1. The van der Waals surface area contributed by atoms with Gasteiger partial charge in [0.05, 0.1) is 5.75 Å². The molecule has 17 heavy (non-hydrogen) atoms.